The number of carbonyl (C=O) groups is 2. The summed E-state index contributed by atoms with van der Waals surface area (Å²) in [6.07, 6.45) is 5.81. The van der Waals surface area contributed by atoms with E-state index in [-0.39, 0.29) is 11.9 Å². The number of hydrogen-bond acceptors (Lipinski definition) is 3. The summed E-state index contributed by atoms with van der Waals surface area (Å²) >= 11 is 5.77. The first-order valence-corrected chi connectivity index (χ1v) is 6.31. The molecule has 0 saturated heterocycles. The second kappa shape index (κ2) is 6.24. The first-order chi connectivity index (χ1) is 7.68. The van der Waals surface area contributed by atoms with E-state index < -0.39 is 5.41 Å². The number of ether oxygens (including phenoxy) is 1. The molecule has 0 aromatic rings. The Morgan fingerprint density at radius 3 is 2.88 bits per heavy atom. The molecule has 1 rings (SSSR count). The predicted octanol–water partition coefficient (Wildman–Crippen LogP) is 2.55. The van der Waals surface area contributed by atoms with Gasteiger partial charge >= 0.3 is 5.97 Å². The van der Waals surface area contributed by atoms with Crippen LogP contribution in [0.1, 0.15) is 38.5 Å². The van der Waals surface area contributed by atoms with Crippen LogP contribution in [0.3, 0.4) is 0 Å². The molecule has 0 bridgehead atoms. The van der Waals surface area contributed by atoms with Crippen molar-refractivity contribution >= 4 is 23.9 Å². The van der Waals surface area contributed by atoms with Gasteiger partial charge < -0.3 is 9.53 Å². The normalized spacial score (nSPS) is 30.5. The fourth-order valence-corrected chi connectivity index (χ4v) is 2.97. The van der Waals surface area contributed by atoms with Crippen molar-refractivity contribution in [3.05, 3.63) is 0 Å². The van der Waals surface area contributed by atoms with Gasteiger partial charge in [-0.15, -0.1) is 11.6 Å². The van der Waals surface area contributed by atoms with Crippen LogP contribution in [0.5, 0.6) is 0 Å². The van der Waals surface area contributed by atoms with Gasteiger partial charge in [0.15, 0.2) is 0 Å². The molecule has 0 aromatic carbocycles. The van der Waals surface area contributed by atoms with Gasteiger partial charge in [-0.2, -0.15) is 0 Å². The lowest BCUT2D eigenvalue weighted by atomic mass is 9.75. The monoisotopic (exact) mass is 246 g/mol. The van der Waals surface area contributed by atoms with E-state index in [1.54, 1.807) is 0 Å². The van der Waals surface area contributed by atoms with Crippen LogP contribution in [-0.4, -0.2) is 25.2 Å². The first-order valence-electron chi connectivity index (χ1n) is 5.78. The number of methoxy groups -OCH3 is 1. The predicted molar refractivity (Wildman–Crippen MR) is 62.4 cm³/mol. The van der Waals surface area contributed by atoms with Gasteiger partial charge in [0.2, 0.25) is 0 Å². The molecule has 0 heterocycles. The van der Waals surface area contributed by atoms with Crippen LogP contribution < -0.4 is 0 Å². The summed E-state index contributed by atoms with van der Waals surface area (Å²) in [5.74, 6) is 0.201. The third-order valence-corrected chi connectivity index (χ3v) is 3.71. The Kier molecular flexibility index (Phi) is 5.26. The number of alkyl halides is 1. The lowest BCUT2D eigenvalue weighted by Gasteiger charge is -2.30. The molecule has 1 fully saturated rings. The third-order valence-electron chi connectivity index (χ3n) is 3.52. The summed E-state index contributed by atoms with van der Waals surface area (Å²) in [4.78, 5) is 22.8. The van der Waals surface area contributed by atoms with E-state index in [9.17, 15) is 9.59 Å². The van der Waals surface area contributed by atoms with Crippen LogP contribution in [-0.2, 0) is 14.3 Å². The number of esters is 1. The zero-order valence-corrected chi connectivity index (χ0v) is 10.5. The molecule has 0 aromatic heterocycles. The Morgan fingerprint density at radius 2 is 2.31 bits per heavy atom. The fraction of sp³-hybridized carbons (Fsp3) is 0.833. The molecule has 2 atom stereocenters. The molecule has 0 radical (unpaired) electrons. The smallest absolute Gasteiger partial charge is 0.311 e. The van der Waals surface area contributed by atoms with Gasteiger partial charge in [0.05, 0.1) is 12.5 Å². The lowest BCUT2D eigenvalue weighted by Crippen LogP contribution is -2.34. The summed E-state index contributed by atoms with van der Waals surface area (Å²) < 4.78 is 4.88. The largest absolute Gasteiger partial charge is 0.469 e. The van der Waals surface area contributed by atoms with E-state index in [1.807, 2.05) is 0 Å². The minimum Gasteiger partial charge on any atom is -0.469 e. The molecule has 2 unspecified atom stereocenters. The summed E-state index contributed by atoms with van der Waals surface area (Å²) in [6.45, 7) is 0. The summed E-state index contributed by atoms with van der Waals surface area (Å²) in [5, 5.41) is 0. The van der Waals surface area contributed by atoms with Crippen molar-refractivity contribution in [3.63, 3.8) is 0 Å². The van der Waals surface area contributed by atoms with Crippen molar-refractivity contribution in [3.8, 4) is 0 Å². The topological polar surface area (TPSA) is 43.4 Å². The van der Waals surface area contributed by atoms with E-state index in [0.717, 1.165) is 32.0 Å². The molecule has 92 valence electrons. The van der Waals surface area contributed by atoms with Gasteiger partial charge in [-0.25, -0.2) is 0 Å². The maximum atomic E-state index is 11.9. The number of hydrogen-bond donors (Lipinski definition) is 0. The molecule has 0 spiro atoms. The lowest BCUT2D eigenvalue weighted by molar-refractivity contribution is -0.154. The van der Waals surface area contributed by atoms with Gasteiger partial charge in [0, 0.05) is 11.8 Å². The van der Waals surface area contributed by atoms with Gasteiger partial charge in [0.25, 0.3) is 0 Å². The molecular weight excluding hydrogens is 228 g/mol. The zero-order valence-electron chi connectivity index (χ0n) is 9.71. The Hall–Kier alpha value is -0.570. The average Bonchev–Trinajstić information content (AvgIpc) is 2.52. The van der Waals surface area contributed by atoms with Gasteiger partial charge in [-0.05, 0) is 25.7 Å². The molecule has 1 saturated carbocycles. The average molecular weight is 247 g/mol. The summed E-state index contributed by atoms with van der Waals surface area (Å²) in [6, 6.07) is 0. The van der Waals surface area contributed by atoms with Crippen molar-refractivity contribution in [2.75, 3.05) is 13.0 Å². The zero-order chi connectivity index (χ0) is 12.0. The molecule has 4 heteroatoms. The molecule has 1 aliphatic rings. The van der Waals surface area contributed by atoms with E-state index in [4.69, 9.17) is 16.3 Å². The number of aldehydes is 1. The molecule has 0 N–H and O–H groups in total. The first kappa shape index (κ1) is 13.5. The SMILES string of the molecule is COC(=O)C1(CCCl)CCCCC(C=O)C1. The molecule has 0 aliphatic heterocycles. The number of rotatable bonds is 4. The van der Waals surface area contributed by atoms with E-state index in [0.29, 0.717) is 18.7 Å². The van der Waals surface area contributed by atoms with Crippen molar-refractivity contribution in [1.29, 1.82) is 0 Å². The summed E-state index contributed by atoms with van der Waals surface area (Å²) in [5.41, 5.74) is -0.529. The minimum absolute atomic E-state index is 0.0233. The van der Waals surface area contributed by atoms with Gasteiger partial charge in [-0.3, -0.25) is 4.79 Å². The van der Waals surface area contributed by atoms with E-state index in [1.165, 1.54) is 7.11 Å². The second-order valence-electron chi connectivity index (χ2n) is 4.56. The van der Waals surface area contributed by atoms with Crippen LogP contribution >= 0.6 is 11.6 Å². The molecule has 3 nitrogen and oxygen atoms in total. The second-order valence-corrected chi connectivity index (χ2v) is 4.93. The third kappa shape index (κ3) is 2.97. The molecular formula is C12H19ClO3. The Balaban J connectivity index is 2.87. The van der Waals surface area contributed by atoms with Crippen molar-refractivity contribution < 1.29 is 14.3 Å². The number of carbonyl (C=O) groups excluding carboxylic acids is 2. The fourth-order valence-electron chi connectivity index (χ4n) is 2.60. The molecule has 1 aliphatic carbocycles. The highest BCUT2D eigenvalue weighted by Crippen LogP contribution is 2.41. The maximum absolute atomic E-state index is 11.9. The minimum atomic E-state index is -0.529. The van der Waals surface area contributed by atoms with Crippen LogP contribution in [0.25, 0.3) is 0 Å². The van der Waals surface area contributed by atoms with Crippen LogP contribution in [0.2, 0.25) is 0 Å². The van der Waals surface area contributed by atoms with Crippen LogP contribution in [0.4, 0.5) is 0 Å². The quantitative estimate of drug-likeness (QED) is 0.331. The Labute approximate surface area is 101 Å². The van der Waals surface area contributed by atoms with Crippen molar-refractivity contribution in [2.45, 2.75) is 38.5 Å². The highest BCUT2D eigenvalue weighted by molar-refractivity contribution is 6.18. The Bertz CT molecular complexity index is 255. The highest BCUT2D eigenvalue weighted by Gasteiger charge is 2.41. The van der Waals surface area contributed by atoms with Gasteiger partial charge in [0.1, 0.15) is 6.29 Å². The summed E-state index contributed by atoms with van der Waals surface area (Å²) in [7, 11) is 1.40. The molecule has 16 heavy (non-hydrogen) atoms. The maximum Gasteiger partial charge on any atom is 0.311 e. The van der Waals surface area contributed by atoms with Crippen molar-refractivity contribution in [2.24, 2.45) is 11.3 Å². The number of halogens is 1. The van der Waals surface area contributed by atoms with E-state index in [2.05, 4.69) is 0 Å². The van der Waals surface area contributed by atoms with Crippen LogP contribution in [0.15, 0.2) is 0 Å². The van der Waals surface area contributed by atoms with Crippen LogP contribution in [0, 0.1) is 11.3 Å². The molecule has 0 amide bonds. The van der Waals surface area contributed by atoms with Crippen molar-refractivity contribution in [1.82, 2.24) is 0 Å². The highest BCUT2D eigenvalue weighted by atomic mass is 35.5. The Morgan fingerprint density at radius 1 is 1.56 bits per heavy atom. The van der Waals surface area contributed by atoms with E-state index >= 15 is 0 Å². The standard InChI is InChI=1S/C12H19ClO3/c1-16-11(15)12(6-7-13)5-3-2-4-10(8-12)9-14/h9-10H,2-8H2,1H3. The van der Waals surface area contributed by atoms with Gasteiger partial charge in [-0.1, -0.05) is 12.8 Å².